The summed E-state index contributed by atoms with van der Waals surface area (Å²) in [4.78, 5) is 17.3. The molecule has 164 valence electrons. The molecule has 0 spiro atoms. The van der Waals surface area contributed by atoms with Gasteiger partial charge < -0.3 is 9.47 Å². The fraction of sp³-hybridized carbons (Fsp3) is 0.474. The molecule has 0 unspecified atom stereocenters. The number of nitrogens with zero attached hydrogens (tertiary/aromatic N) is 3. The maximum absolute atomic E-state index is 13.1. The first kappa shape index (κ1) is 22.3. The van der Waals surface area contributed by atoms with Gasteiger partial charge in [0, 0.05) is 13.1 Å². The number of fused-ring (bicyclic) bond motifs is 1. The molecule has 1 N–H and O–H groups in total. The molecule has 0 saturated heterocycles. The topological polar surface area (TPSA) is 84.3 Å². The molecule has 0 saturated carbocycles. The molecule has 7 nitrogen and oxygen atoms in total. The van der Waals surface area contributed by atoms with Gasteiger partial charge in [0.05, 0.1) is 30.0 Å². The van der Waals surface area contributed by atoms with Crippen LogP contribution in [0.3, 0.4) is 0 Å². The zero-order valence-corrected chi connectivity index (χ0v) is 17.9. The van der Waals surface area contributed by atoms with Crippen molar-refractivity contribution in [1.29, 1.82) is 0 Å². The molecule has 3 rings (SSSR count). The summed E-state index contributed by atoms with van der Waals surface area (Å²) >= 11 is 0. The fourth-order valence-corrected chi connectivity index (χ4v) is 5.21. The van der Waals surface area contributed by atoms with Crippen LogP contribution in [-0.4, -0.2) is 41.9 Å². The lowest BCUT2D eigenvalue weighted by Gasteiger charge is -2.29. The van der Waals surface area contributed by atoms with E-state index in [9.17, 15) is 26.4 Å². The first-order valence-electron chi connectivity index (χ1n) is 9.29. The van der Waals surface area contributed by atoms with Crippen LogP contribution < -0.4 is 4.72 Å². The van der Waals surface area contributed by atoms with Crippen molar-refractivity contribution in [3.63, 3.8) is 0 Å². The van der Waals surface area contributed by atoms with Gasteiger partial charge in [0.15, 0.2) is 5.69 Å². The van der Waals surface area contributed by atoms with Crippen LogP contribution in [0.5, 0.6) is 0 Å². The molecule has 1 aliphatic rings. The van der Waals surface area contributed by atoms with Gasteiger partial charge in [-0.05, 0) is 49.9 Å². The number of imidazole rings is 1. The van der Waals surface area contributed by atoms with Crippen LogP contribution in [0.1, 0.15) is 33.6 Å². The Hall–Kier alpha value is -2.40. The lowest BCUT2D eigenvalue weighted by atomic mass is 10.0. The maximum atomic E-state index is 13.1. The van der Waals surface area contributed by atoms with E-state index in [4.69, 9.17) is 0 Å². The van der Waals surface area contributed by atoms with E-state index < -0.39 is 34.3 Å². The number of carbonyl (C=O) groups is 1. The molecule has 0 radical (unpaired) electrons. The van der Waals surface area contributed by atoms with Crippen molar-refractivity contribution in [3.05, 3.63) is 46.0 Å². The third kappa shape index (κ3) is 4.08. The highest BCUT2D eigenvalue weighted by Crippen LogP contribution is 2.32. The highest BCUT2D eigenvalue weighted by molar-refractivity contribution is 7.89. The summed E-state index contributed by atoms with van der Waals surface area (Å²) in [6, 6.07) is 1.89. The summed E-state index contributed by atoms with van der Waals surface area (Å²) in [5.41, 5.74) is 1.68. The quantitative estimate of drug-likeness (QED) is 0.785. The summed E-state index contributed by atoms with van der Waals surface area (Å²) in [6.07, 6.45) is -3.51. The molecule has 2 aromatic rings. The second-order valence-corrected chi connectivity index (χ2v) is 9.16. The molecular weight excluding hydrogens is 421 g/mol. The standard InChI is InChI=1S/C19H23F3N4O3S/c1-11-7-12(2)14(4)17(13(11)3)30(28,29)24-8-16(27)25-5-6-26-10-23-18(15(26)9-25)19(20,21)22/h7,10,24H,5-6,8-9H2,1-4H3. The Morgan fingerprint density at radius 1 is 1.13 bits per heavy atom. The number of hydrogen-bond donors (Lipinski definition) is 1. The number of benzene rings is 1. The SMILES string of the molecule is Cc1cc(C)c(C)c(S(=O)(=O)NCC(=O)N2CCn3cnc(C(F)(F)F)c3C2)c1C. The van der Waals surface area contributed by atoms with Crippen molar-refractivity contribution >= 4 is 15.9 Å². The van der Waals surface area contributed by atoms with Gasteiger partial charge in [-0.1, -0.05) is 6.07 Å². The number of amides is 1. The van der Waals surface area contributed by atoms with E-state index in [0.29, 0.717) is 11.1 Å². The molecule has 2 heterocycles. The molecule has 30 heavy (non-hydrogen) atoms. The summed E-state index contributed by atoms with van der Waals surface area (Å²) in [5, 5.41) is 0. The molecule has 1 aromatic heterocycles. The molecule has 0 bridgehead atoms. The monoisotopic (exact) mass is 444 g/mol. The molecule has 1 amide bonds. The number of alkyl halides is 3. The van der Waals surface area contributed by atoms with Crippen LogP contribution >= 0.6 is 0 Å². The van der Waals surface area contributed by atoms with Crippen molar-refractivity contribution < 1.29 is 26.4 Å². The Morgan fingerprint density at radius 2 is 1.73 bits per heavy atom. The maximum Gasteiger partial charge on any atom is 0.435 e. The third-order valence-electron chi connectivity index (χ3n) is 5.50. The van der Waals surface area contributed by atoms with Crippen molar-refractivity contribution in [1.82, 2.24) is 19.2 Å². The number of carbonyl (C=O) groups excluding carboxylic acids is 1. The van der Waals surface area contributed by atoms with Crippen LogP contribution in [0.4, 0.5) is 13.2 Å². The van der Waals surface area contributed by atoms with E-state index >= 15 is 0 Å². The average Bonchev–Trinajstić information content (AvgIpc) is 3.08. The summed E-state index contributed by atoms with van der Waals surface area (Å²) < 4.78 is 68.7. The first-order valence-corrected chi connectivity index (χ1v) is 10.8. The van der Waals surface area contributed by atoms with Gasteiger partial charge in [-0.25, -0.2) is 18.1 Å². The van der Waals surface area contributed by atoms with Crippen LogP contribution in [0, 0.1) is 27.7 Å². The lowest BCUT2D eigenvalue weighted by Crippen LogP contribution is -2.44. The van der Waals surface area contributed by atoms with Crippen LogP contribution in [0.2, 0.25) is 0 Å². The van der Waals surface area contributed by atoms with E-state index in [0.717, 1.165) is 17.5 Å². The number of rotatable bonds is 4. The average molecular weight is 444 g/mol. The number of aromatic nitrogens is 2. The number of sulfonamides is 1. The molecule has 1 aliphatic heterocycles. The largest absolute Gasteiger partial charge is 0.435 e. The van der Waals surface area contributed by atoms with Crippen molar-refractivity contribution in [2.45, 2.75) is 51.9 Å². The molecule has 0 fully saturated rings. The third-order valence-corrected chi connectivity index (χ3v) is 7.17. The summed E-state index contributed by atoms with van der Waals surface area (Å²) in [7, 11) is -3.98. The van der Waals surface area contributed by atoms with Crippen molar-refractivity contribution in [2.24, 2.45) is 0 Å². The fourth-order valence-electron chi connectivity index (χ4n) is 3.63. The highest BCUT2D eigenvalue weighted by atomic mass is 32.2. The Balaban J connectivity index is 1.76. The van der Waals surface area contributed by atoms with Gasteiger partial charge in [-0.2, -0.15) is 13.2 Å². The van der Waals surface area contributed by atoms with E-state index in [1.165, 1.54) is 9.47 Å². The summed E-state index contributed by atoms with van der Waals surface area (Å²) in [6.45, 7) is 6.52. The van der Waals surface area contributed by atoms with Crippen LogP contribution in [0.25, 0.3) is 0 Å². The van der Waals surface area contributed by atoms with Crippen molar-refractivity contribution in [2.75, 3.05) is 13.1 Å². The zero-order chi connectivity index (χ0) is 22.4. The van der Waals surface area contributed by atoms with Gasteiger partial charge in [-0.15, -0.1) is 0 Å². The molecule has 11 heteroatoms. The van der Waals surface area contributed by atoms with Gasteiger partial charge in [-0.3, -0.25) is 4.79 Å². The number of aryl methyl sites for hydroxylation is 2. The van der Waals surface area contributed by atoms with Gasteiger partial charge >= 0.3 is 6.18 Å². The Bertz CT molecular complexity index is 1080. The first-order chi connectivity index (χ1) is 13.8. The van der Waals surface area contributed by atoms with Crippen LogP contribution in [-0.2, 0) is 34.1 Å². The normalized spacial score (nSPS) is 14.7. The van der Waals surface area contributed by atoms with E-state index in [2.05, 4.69) is 9.71 Å². The van der Waals surface area contributed by atoms with E-state index in [-0.39, 0.29) is 30.2 Å². The van der Waals surface area contributed by atoms with Gasteiger partial charge in [0.2, 0.25) is 15.9 Å². The lowest BCUT2D eigenvalue weighted by molar-refractivity contribution is -0.143. The second-order valence-electron chi connectivity index (χ2n) is 7.46. The number of halogens is 3. The van der Waals surface area contributed by atoms with Crippen LogP contribution in [0.15, 0.2) is 17.3 Å². The second kappa shape index (κ2) is 7.69. The minimum atomic E-state index is -4.62. The van der Waals surface area contributed by atoms with E-state index in [1.807, 2.05) is 6.07 Å². The minimum absolute atomic E-state index is 0.106. The minimum Gasteiger partial charge on any atom is -0.334 e. The van der Waals surface area contributed by atoms with Crippen molar-refractivity contribution in [3.8, 4) is 0 Å². The predicted octanol–water partition coefficient (Wildman–Crippen LogP) is 2.46. The zero-order valence-electron chi connectivity index (χ0n) is 17.1. The highest BCUT2D eigenvalue weighted by Gasteiger charge is 2.39. The van der Waals surface area contributed by atoms with E-state index in [1.54, 1.807) is 27.7 Å². The molecule has 0 atom stereocenters. The van der Waals surface area contributed by atoms with Gasteiger partial charge in [0.1, 0.15) is 0 Å². The Kier molecular flexibility index (Phi) is 5.72. The smallest absolute Gasteiger partial charge is 0.334 e. The molecular formula is C19H23F3N4O3S. The summed E-state index contributed by atoms with van der Waals surface area (Å²) in [5.74, 6) is -0.598. The molecule has 1 aromatic carbocycles. The molecule has 0 aliphatic carbocycles. The Morgan fingerprint density at radius 3 is 2.30 bits per heavy atom. The number of nitrogens with one attached hydrogen (secondary N) is 1. The predicted molar refractivity (Wildman–Crippen MR) is 103 cm³/mol. The Labute approximate surface area is 172 Å². The van der Waals surface area contributed by atoms with Gasteiger partial charge in [0.25, 0.3) is 0 Å². The number of hydrogen-bond acceptors (Lipinski definition) is 4.